The van der Waals surface area contributed by atoms with E-state index in [0.717, 1.165) is 6.07 Å². The van der Waals surface area contributed by atoms with Gasteiger partial charge in [0.15, 0.2) is 0 Å². The zero-order valence-electron chi connectivity index (χ0n) is 9.53. The van der Waals surface area contributed by atoms with Crippen molar-refractivity contribution in [2.45, 2.75) is 6.92 Å². The fourth-order valence-corrected chi connectivity index (χ4v) is 1.63. The van der Waals surface area contributed by atoms with E-state index in [9.17, 15) is 14.0 Å². The van der Waals surface area contributed by atoms with E-state index in [1.807, 2.05) is 0 Å². The number of hydrogen-bond donors (Lipinski definition) is 2. The van der Waals surface area contributed by atoms with Gasteiger partial charge in [-0.25, -0.2) is 9.18 Å². The SMILES string of the molecule is Cc1cc(-c2cc(C(=O)O)cc(=O)[nH]2)ccc1F. The summed E-state index contributed by atoms with van der Waals surface area (Å²) < 4.78 is 13.1. The first-order chi connectivity index (χ1) is 8.47. The topological polar surface area (TPSA) is 70.2 Å². The minimum atomic E-state index is -1.18. The first-order valence-electron chi connectivity index (χ1n) is 5.21. The van der Waals surface area contributed by atoms with Crippen LogP contribution in [0.15, 0.2) is 35.1 Å². The molecule has 4 nitrogen and oxygen atoms in total. The second kappa shape index (κ2) is 4.44. The van der Waals surface area contributed by atoms with Crippen molar-refractivity contribution in [2.24, 2.45) is 0 Å². The predicted octanol–water partition coefficient (Wildman–Crippen LogP) is 2.19. The van der Waals surface area contributed by atoms with Crippen LogP contribution in [0.2, 0.25) is 0 Å². The smallest absolute Gasteiger partial charge is 0.335 e. The van der Waals surface area contributed by atoms with Crippen LogP contribution in [0.4, 0.5) is 4.39 Å². The van der Waals surface area contributed by atoms with Gasteiger partial charge in [0.05, 0.1) is 5.56 Å². The lowest BCUT2D eigenvalue weighted by atomic mass is 10.1. The van der Waals surface area contributed by atoms with Crippen molar-refractivity contribution in [3.05, 3.63) is 57.6 Å². The van der Waals surface area contributed by atoms with Crippen molar-refractivity contribution >= 4 is 5.97 Å². The van der Waals surface area contributed by atoms with Gasteiger partial charge in [-0.15, -0.1) is 0 Å². The molecular weight excluding hydrogens is 237 g/mol. The molecule has 0 fully saturated rings. The number of carbonyl (C=O) groups is 1. The Kier molecular flexibility index (Phi) is 2.97. The highest BCUT2D eigenvalue weighted by molar-refractivity contribution is 5.88. The number of aromatic nitrogens is 1. The molecule has 1 heterocycles. The summed E-state index contributed by atoms with van der Waals surface area (Å²) in [6.45, 7) is 1.60. The number of hydrogen-bond acceptors (Lipinski definition) is 2. The van der Waals surface area contributed by atoms with Crippen LogP contribution in [0, 0.1) is 12.7 Å². The molecule has 0 aliphatic rings. The standard InChI is InChI=1S/C13H10FNO3/c1-7-4-8(2-3-10(7)14)11-5-9(13(17)18)6-12(16)15-11/h2-6H,1H3,(H,15,16)(H,17,18). The van der Waals surface area contributed by atoms with Crippen LogP contribution >= 0.6 is 0 Å². The molecule has 0 unspecified atom stereocenters. The lowest BCUT2D eigenvalue weighted by Gasteiger charge is -2.04. The lowest BCUT2D eigenvalue weighted by Crippen LogP contribution is -2.10. The Morgan fingerprint density at radius 3 is 2.61 bits per heavy atom. The van der Waals surface area contributed by atoms with Crippen LogP contribution in [0.3, 0.4) is 0 Å². The van der Waals surface area contributed by atoms with Crippen LogP contribution < -0.4 is 5.56 Å². The van der Waals surface area contributed by atoms with E-state index in [-0.39, 0.29) is 11.4 Å². The number of carboxylic acid groups (broad SMARTS) is 1. The highest BCUT2D eigenvalue weighted by Crippen LogP contribution is 2.19. The third kappa shape index (κ3) is 2.29. The summed E-state index contributed by atoms with van der Waals surface area (Å²) in [6.07, 6.45) is 0. The van der Waals surface area contributed by atoms with Gasteiger partial charge in [0.1, 0.15) is 5.82 Å². The minimum absolute atomic E-state index is 0.101. The summed E-state index contributed by atoms with van der Waals surface area (Å²) in [7, 11) is 0. The number of aromatic amines is 1. The maximum absolute atomic E-state index is 13.1. The number of benzene rings is 1. The van der Waals surface area contributed by atoms with Crippen molar-refractivity contribution in [3.63, 3.8) is 0 Å². The van der Waals surface area contributed by atoms with E-state index in [0.29, 0.717) is 16.8 Å². The Hall–Kier alpha value is -2.43. The van der Waals surface area contributed by atoms with E-state index in [1.165, 1.54) is 18.2 Å². The zero-order chi connectivity index (χ0) is 13.3. The number of nitrogens with one attached hydrogen (secondary N) is 1. The second-order valence-corrected chi connectivity index (χ2v) is 3.92. The average Bonchev–Trinajstić information content (AvgIpc) is 2.31. The Morgan fingerprint density at radius 1 is 1.28 bits per heavy atom. The van der Waals surface area contributed by atoms with E-state index >= 15 is 0 Å². The molecule has 92 valence electrons. The molecule has 2 aromatic rings. The summed E-state index contributed by atoms with van der Waals surface area (Å²) in [4.78, 5) is 24.7. The van der Waals surface area contributed by atoms with Gasteiger partial charge >= 0.3 is 5.97 Å². The summed E-state index contributed by atoms with van der Waals surface area (Å²) >= 11 is 0. The van der Waals surface area contributed by atoms with Crippen LogP contribution in [0.25, 0.3) is 11.3 Å². The fourth-order valence-electron chi connectivity index (χ4n) is 1.63. The predicted molar refractivity (Wildman–Crippen MR) is 64.2 cm³/mol. The number of aryl methyl sites for hydroxylation is 1. The van der Waals surface area contributed by atoms with Gasteiger partial charge in [-0.05, 0) is 42.3 Å². The van der Waals surface area contributed by atoms with Gasteiger partial charge in [-0.1, -0.05) is 0 Å². The molecule has 0 aliphatic carbocycles. The van der Waals surface area contributed by atoms with Crippen molar-refractivity contribution in [3.8, 4) is 11.3 Å². The Morgan fingerprint density at radius 2 is 2.00 bits per heavy atom. The molecule has 0 radical (unpaired) electrons. The molecule has 0 bridgehead atoms. The molecule has 5 heteroatoms. The highest BCUT2D eigenvalue weighted by atomic mass is 19.1. The van der Waals surface area contributed by atoms with Crippen molar-refractivity contribution < 1.29 is 14.3 Å². The fraction of sp³-hybridized carbons (Fsp3) is 0.0769. The Bertz CT molecular complexity index is 676. The van der Waals surface area contributed by atoms with Gasteiger partial charge in [-0.2, -0.15) is 0 Å². The summed E-state index contributed by atoms with van der Waals surface area (Å²) in [5, 5.41) is 8.87. The Labute approximate surface area is 102 Å². The number of pyridine rings is 1. The molecule has 1 aromatic heterocycles. The first-order valence-corrected chi connectivity index (χ1v) is 5.21. The van der Waals surface area contributed by atoms with E-state index in [2.05, 4.69) is 4.98 Å². The Balaban J connectivity index is 2.60. The molecule has 0 atom stereocenters. The molecule has 0 saturated heterocycles. The van der Waals surface area contributed by atoms with Gasteiger partial charge in [-0.3, -0.25) is 4.79 Å². The van der Waals surface area contributed by atoms with Crippen molar-refractivity contribution in [1.29, 1.82) is 0 Å². The number of H-pyrrole nitrogens is 1. The monoisotopic (exact) mass is 247 g/mol. The van der Waals surface area contributed by atoms with Crippen LogP contribution in [-0.4, -0.2) is 16.1 Å². The maximum Gasteiger partial charge on any atom is 0.335 e. The number of rotatable bonds is 2. The van der Waals surface area contributed by atoms with Crippen molar-refractivity contribution in [2.75, 3.05) is 0 Å². The molecule has 1 aromatic carbocycles. The maximum atomic E-state index is 13.1. The van der Waals surface area contributed by atoms with Crippen LogP contribution in [0.1, 0.15) is 15.9 Å². The van der Waals surface area contributed by atoms with E-state index in [4.69, 9.17) is 5.11 Å². The molecule has 2 N–H and O–H groups in total. The molecule has 18 heavy (non-hydrogen) atoms. The third-order valence-electron chi connectivity index (χ3n) is 2.56. The normalized spacial score (nSPS) is 10.3. The molecule has 2 rings (SSSR count). The third-order valence-corrected chi connectivity index (χ3v) is 2.56. The van der Waals surface area contributed by atoms with Gasteiger partial charge in [0.25, 0.3) is 0 Å². The molecule has 0 spiro atoms. The number of aromatic carboxylic acids is 1. The van der Waals surface area contributed by atoms with Crippen molar-refractivity contribution in [1.82, 2.24) is 4.98 Å². The van der Waals surface area contributed by atoms with E-state index in [1.54, 1.807) is 13.0 Å². The van der Waals surface area contributed by atoms with Crippen LogP contribution in [0.5, 0.6) is 0 Å². The van der Waals surface area contributed by atoms with Gasteiger partial charge in [0.2, 0.25) is 5.56 Å². The zero-order valence-corrected chi connectivity index (χ0v) is 9.53. The van der Waals surface area contributed by atoms with Crippen LogP contribution in [-0.2, 0) is 0 Å². The molecule has 0 aliphatic heterocycles. The van der Waals surface area contributed by atoms with E-state index < -0.39 is 11.5 Å². The number of halogens is 1. The quantitative estimate of drug-likeness (QED) is 0.854. The highest BCUT2D eigenvalue weighted by Gasteiger charge is 2.08. The average molecular weight is 247 g/mol. The number of carboxylic acids is 1. The minimum Gasteiger partial charge on any atom is -0.478 e. The molecule has 0 saturated carbocycles. The van der Waals surface area contributed by atoms with Gasteiger partial charge < -0.3 is 10.1 Å². The molecular formula is C13H10FNO3. The second-order valence-electron chi connectivity index (χ2n) is 3.92. The summed E-state index contributed by atoms with van der Waals surface area (Å²) in [6, 6.07) is 6.65. The first kappa shape index (κ1) is 12.0. The lowest BCUT2D eigenvalue weighted by molar-refractivity contribution is 0.0696. The summed E-state index contributed by atoms with van der Waals surface area (Å²) in [5.41, 5.74) is 0.730. The molecule has 0 amide bonds. The summed E-state index contributed by atoms with van der Waals surface area (Å²) in [5.74, 6) is -1.53. The largest absolute Gasteiger partial charge is 0.478 e. The van der Waals surface area contributed by atoms with Gasteiger partial charge in [0, 0.05) is 11.8 Å².